The molecule has 2 heterocycles. The van der Waals surface area contributed by atoms with Crippen LogP contribution >= 0.6 is 12.2 Å². The zero-order valence-electron chi connectivity index (χ0n) is 10.2. The fourth-order valence-corrected chi connectivity index (χ4v) is 4.99. The molecule has 20 heavy (non-hydrogen) atoms. The summed E-state index contributed by atoms with van der Waals surface area (Å²) in [5.41, 5.74) is 0.251. The van der Waals surface area contributed by atoms with Gasteiger partial charge in [-0.25, -0.2) is 8.42 Å². The van der Waals surface area contributed by atoms with Gasteiger partial charge in [-0.3, -0.25) is 10.1 Å². The van der Waals surface area contributed by atoms with Crippen LogP contribution in [-0.2, 0) is 9.84 Å². The fraction of sp³-hybridized carbons (Fsp3) is 0.364. The second-order valence-corrected chi connectivity index (χ2v) is 7.36. The Labute approximate surface area is 120 Å². The van der Waals surface area contributed by atoms with E-state index in [1.807, 2.05) is 0 Å². The van der Waals surface area contributed by atoms with Crippen LogP contribution < -0.4 is 10.2 Å². The first-order valence-electron chi connectivity index (χ1n) is 5.92. The van der Waals surface area contributed by atoms with Gasteiger partial charge >= 0.3 is 0 Å². The van der Waals surface area contributed by atoms with Crippen molar-refractivity contribution in [1.29, 1.82) is 0 Å². The smallest absolute Gasteiger partial charge is 0.292 e. The summed E-state index contributed by atoms with van der Waals surface area (Å²) in [6.45, 7) is 0. The van der Waals surface area contributed by atoms with Crippen LogP contribution in [0.1, 0.15) is 0 Å². The molecule has 7 nitrogen and oxygen atoms in total. The van der Waals surface area contributed by atoms with Gasteiger partial charge in [0.2, 0.25) is 0 Å². The molecule has 0 saturated carbocycles. The van der Waals surface area contributed by atoms with Gasteiger partial charge in [0.1, 0.15) is 5.69 Å². The van der Waals surface area contributed by atoms with Crippen LogP contribution in [0.2, 0.25) is 0 Å². The second-order valence-electron chi connectivity index (χ2n) is 4.82. The highest BCUT2D eigenvalue weighted by molar-refractivity contribution is 7.91. The zero-order chi connectivity index (χ0) is 14.5. The number of thiocarbonyl (C=S) groups is 1. The predicted octanol–water partition coefficient (Wildman–Crippen LogP) is 0.455. The molecular formula is C11H11N3O4S2. The van der Waals surface area contributed by atoms with Gasteiger partial charge in [0.15, 0.2) is 14.9 Å². The largest absolute Gasteiger partial charge is 0.356 e. The summed E-state index contributed by atoms with van der Waals surface area (Å²) in [5, 5.41) is 14.4. The van der Waals surface area contributed by atoms with Gasteiger partial charge in [-0.05, 0) is 18.3 Å². The molecule has 0 unspecified atom stereocenters. The molecule has 3 rings (SSSR count). The molecule has 2 atom stereocenters. The van der Waals surface area contributed by atoms with E-state index in [1.165, 1.54) is 6.07 Å². The molecule has 0 spiro atoms. The first-order valence-corrected chi connectivity index (χ1v) is 8.15. The van der Waals surface area contributed by atoms with Crippen molar-refractivity contribution in [1.82, 2.24) is 5.32 Å². The molecule has 1 aromatic carbocycles. The van der Waals surface area contributed by atoms with Crippen LogP contribution in [-0.4, -0.2) is 42.0 Å². The molecule has 106 valence electrons. The Kier molecular flexibility index (Phi) is 2.91. The van der Waals surface area contributed by atoms with Crippen molar-refractivity contribution >= 4 is 38.5 Å². The lowest BCUT2D eigenvalue weighted by Crippen LogP contribution is -2.37. The summed E-state index contributed by atoms with van der Waals surface area (Å²) in [4.78, 5) is 12.2. The quantitative estimate of drug-likeness (QED) is 0.481. The molecule has 1 aromatic rings. The number of para-hydroxylation sites is 2. The van der Waals surface area contributed by atoms with E-state index in [2.05, 4.69) is 5.32 Å². The van der Waals surface area contributed by atoms with Crippen LogP contribution in [0.4, 0.5) is 11.4 Å². The number of anilines is 1. The van der Waals surface area contributed by atoms with Crippen LogP contribution in [0.15, 0.2) is 24.3 Å². The summed E-state index contributed by atoms with van der Waals surface area (Å²) in [7, 11) is -3.14. The number of benzene rings is 1. The molecule has 9 heteroatoms. The normalized spacial score (nSPS) is 27.2. The van der Waals surface area contributed by atoms with Crippen LogP contribution in [0, 0.1) is 10.1 Å². The van der Waals surface area contributed by atoms with Gasteiger partial charge < -0.3 is 10.2 Å². The van der Waals surface area contributed by atoms with Crippen molar-refractivity contribution in [2.45, 2.75) is 12.1 Å². The lowest BCUT2D eigenvalue weighted by atomic mass is 10.1. The van der Waals surface area contributed by atoms with Crippen molar-refractivity contribution in [3.8, 4) is 0 Å². The first-order chi connectivity index (χ1) is 9.39. The van der Waals surface area contributed by atoms with Gasteiger partial charge in [-0.15, -0.1) is 0 Å². The number of rotatable bonds is 2. The lowest BCUT2D eigenvalue weighted by molar-refractivity contribution is -0.384. The van der Waals surface area contributed by atoms with Crippen molar-refractivity contribution in [2.75, 3.05) is 16.4 Å². The number of hydrogen-bond acceptors (Lipinski definition) is 5. The van der Waals surface area contributed by atoms with E-state index in [0.29, 0.717) is 10.8 Å². The summed E-state index contributed by atoms with van der Waals surface area (Å²) in [6, 6.07) is 5.52. The van der Waals surface area contributed by atoms with Gasteiger partial charge in [-0.2, -0.15) is 0 Å². The highest BCUT2D eigenvalue weighted by atomic mass is 32.2. The number of fused-ring (bicyclic) bond motifs is 1. The van der Waals surface area contributed by atoms with Crippen LogP contribution in [0.5, 0.6) is 0 Å². The van der Waals surface area contributed by atoms with E-state index < -0.39 is 14.8 Å². The second kappa shape index (κ2) is 4.38. The van der Waals surface area contributed by atoms with E-state index in [0.717, 1.165) is 0 Å². The molecule has 0 amide bonds. The van der Waals surface area contributed by atoms with Gasteiger partial charge in [-0.1, -0.05) is 12.1 Å². The Morgan fingerprint density at radius 2 is 2.05 bits per heavy atom. The number of hydrogen-bond donors (Lipinski definition) is 1. The maximum Gasteiger partial charge on any atom is 0.292 e. The molecule has 0 bridgehead atoms. The standard InChI is InChI=1S/C11H11N3O4S2/c15-14(16)9-4-2-1-3-8(9)13-10-6-20(17,18)5-7(10)12-11(13)19/h1-4,7,10H,5-6H2,(H,12,19)/t7-,10+/m0/s1. The third-order valence-corrected chi connectivity index (χ3v) is 5.55. The van der Waals surface area contributed by atoms with Gasteiger partial charge in [0.05, 0.1) is 28.5 Å². The minimum Gasteiger partial charge on any atom is -0.356 e. The van der Waals surface area contributed by atoms with E-state index in [-0.39, 0.29) is 29.3 Å². The Morgan fingerprint density at radius 3 is 2.75 bits per heavy atom. The maximum absolute atomic E-state index is 11.7. The predicted molar refractivity (Wildman–Crippen MR) is 77.5 cm³/mol. The minimum atomic E-state index is -3.14. The Morgan fingerprint density at radius 1 is 1.35 bits per heavy atom. The van der Waals surface area contributed by atoms with E-state index >= 15 is 0 Å². The Bertz CT molecular complexity index is 703. The molecule has 2 aliphatic heterocycles. The van der Waals surface area contributed by atoms with Crippen molar-refractivity contribution in [2.24, 2.45) is 0 Å². The van der Waals surface area contributed by atoms with E-state index in [1.54, 1.807) is 23.1 Å². The average Bonchev–Trinajstić information content (AvgIpc) is 2.79. The fourth-order valence-electron chi connectivity index (χ4n) is 2.71. The summed E-state index contributed by atoms with van der Waals surface area (Å²) < 4.78 is 23.4. The van der Waals surface area contributed by atoms with Crippen LogP contribution in [0.3, 0.4) is 0 Å². The number of sulfone groups is 1. The van der Waals surface area contributed by atoms with Crippen molar-refractivity contribution in [3.05, 3.63) is 34.4 Å². The summed E-state index contributed by atoms with van der Waals surface area (Å²) in [5.74, 6) is -0.0359. The molecule has 0 aromatic heterocycles. The first kappa shape index (κ1) is 13.3. The molecule has 1 N–H and O–H groups in total. The summed E-state index contributed by atoms with van der Waals surface area (Å²) in [6.07, 6.45) is 0. The average molecular weight is 313 g/mol. The molecule has 2 aliphatic rings. The summed E-state index contributed by atoms with van der Waals surface area (Å²) >= 11 is 5.20. The Hall–Kier alpha value is -1.74. The highest BCUT2D eigenvalue weighted by Gasteiger charge is 2.48. The van der Waals surface area contributed by atoms with Gasteiger partial charge in [0.25, 0.3) is 5.69 Å². The maximum atomic E-state index is 11.7. The van der Waals surface area contributed by atoms with E-state index in [9.17, 15) is 18.5 Å². The zero-order valence-corrected chi connectivity index (χ0v) is 11.9. The molecule has 0 radical (unpaired) electrons. The number of nitro groups is 1. The molecule has 2 fully saturated rings. The third kappa shape index (κ3) is 2.02. The number of nitrogens with one attached hydrogen (secondary N) is 1. The minimum absolute atomic E-state index is 0.00887. The van der Waals surface area contributed by atoms with Crippen molar-refractivity contribution in [3.63, 3.8) is 0 Å². The SMILES string of the molecule is O=[N+]([O-])c1ccccc1N1C(=S)N[C@H]2CS(=O)(=O)C[C@H]21. The molecule has 0 aliphatic carbocycles. The van der Waals surface area contributed by atoms with Gasteiger partial charge in [0, 0.05) is 6.07 Å². The Balaban J connectivity index is 2.06. The molecular weight excluding hydrogens is 302 g/mol. The van der Waals surface area contributed by atoms with Crippen LogP contribution in [0.25, 0.3) is 0 Å². The monoisotopic (exact) mass is 313 g/mol. The third-order valence-electron chi connectivity index (χ3n) is 3.52. The molecule has 2 saturated heterocycles. The number of nitro benzene ring substituents is 1. The lowest BCUT2D eigenvalue weighted by Gasteiger charge is -2.22. The number of nitrogens with zero attached hydrogens (tertiary/aromatic N) is 2. The van der Waals surface area contributed by atoms with E-state index in [4.69, 9.17) is 12.2 Å². The topological polar surface area (TPSA) is 92.6 Å². The highest BCUT2D eigenvalue weighted by Crippen LogP contribution is 2.35. The van der Waals surface area contributed by atoms with Crippen molar-refractivity contribution < 1.29 is 13.3 Å².